The molecule has 0 saturated heterocycles. The van der Waals surface area contributed by atoms with E-state index in [2.05, 4.69) is 302 Å². The van der Waals surface area contributed by atoms with Crippen LogP contribution in [0, 0.1) is 0 Å². The zero-order chi connectivity index (χ0) is 60.7. The van der Waals surface area contributed by atoms with E-state index < -0.39 is 10.8 Å². The lowest BCUT2D eigenvalue weighted by atomic mass is 9.67. The standard InChI is InChI=1S/C90H72N2/c1-7-27-59(28-8-1)75-58-82(91-67-35-15-5-16-36-67)77-57-76(60-47-51-65(52-48-60)89(63-31-11-3-12-32-63)78-43-23-19-39-69(78)70-40-20-24-44-79(70)89)87-83(61-29-9-2-10-30-61)84(88(92-68-37-17-6-18-38-68)74-56-55-73(75)85(77)86(74)87)62-49-53-66(54-50-62)90(64-33-13-4-14-34-64)80-45-25-21-41-71(80)72-42-22-26-46-81(72)90/h3-6,11-26,31-59,61,91-92H,1-2,7-10,27-30H2. The fourth-order valence-corrected chi connectivity index (χ4v) is 18.1. The zero-order valence-corrected chi connectivity index (χ0v) is 51.9. The third kappa shape index (κ3) is 8.39. The van der Waals surface area contributed by atoms with Crippen molar-refractivity contribution in [3.8, 4) is 44.5 Å². The topological polar surface area (TPSA) is 24.1 Å². The Balaban J connectivity index is 0.952. The molecular formula is C90H72N2. The Morgan fingerprint density at radius 2 is 0.685 bits per heavy atom. The number of fused-ring (bicyclic) bond motifs is 6. The van der Waals surface area contributed by atoms with E-state index in [0.717, 1.165) is 24.2 Å². The Hall–Kier alpha value is -10.3. The van der Waals surface area contributed by atoms with Crippen LogP contribution in [0.4, 0.5) is 22.7 Å². The van der Waals surface area contributed by atoms with Crippen molar-refractivity contribution < 1.29 is 0 Å². The fraction of sp³-hybridized carbons (Fsp3) is 0.156. The molecule has 2 nitrogen and oxygen atoms in total. The van der Waals surface area contributed by atoms with Gasteiger partial charge in [0, 0.05) is 38.8 Å². The van der Waals surface area contributed by atoms with Crippen LogP contribution in [0.3, 0.4) is 0 Å². The van der Waals surface area contributed by atoms with Gasteiger partial charge in [-0.3, -0.25) is 0 Å². The molecule has 442 valence electrons. The Labute approximate surface area is 540 Å². The summed E-state index contributed by atoms with van der Waals surface area (Å²) in [6.45, 7) is 0. The molecule has 18 rings (SSSR count). The molecule has 0 heterocycles. The van der Waals surface area contributed by atoms with Gasteiger partial charge in [-0.25, -0.2) is 0 Å². The second-order valence-electron chi connectivity index (χ2n) is 26.7. The van der Waals surface area contributed by atoms with E-state index in [0.29, 0.717) is 11.8 Å². The average Bonchev–Trinajstić information content (AvgIpc) is 1.11. The summed E-state index contributed by atoms with van der Waals surface area (Å²) in [6, 6.07) is 111. The van der Waals surface area contributed by atoms with Gasteiger partial charge in [0.25, 0.3) is 0 Å². The van der Waals surface area contributed by atoms with Gasteiger partial charge in [-0.1, -0.05) is 293 Å². The Morgan fingerprint density at radius 1 is 0.283 bits per heavy atom. The molecule has 2 fully saturated rings. The summed E-state index contributed by atoms with van der Waals surface area (Å²) in [7, 11) is 0. The molecule has 2 heteroatoms. The summed E-state index contributed by atoms with van der Waals surface area (Å²) in [5, 5.41) is 16.5. The summed E-state index contributed by atoms with van der Waals surface area (Å²) in [5.74, 6) is 0.792. The molecule has 0 amide bonds. The highest BCUT2D eigenvalue weighted by Gasteiger charge is 2.48. The zero-order valence-electron chi connectivity index (χ0n) is 51.9. The van der Waals surface area contributed by atoms with Gasteiger partial charge >= 0.3 is 0 Å². The Bertz CT molecular complexity index is 4980. The van der Waals surface area contributed by atoms with Gasteiger partial charge in [0.15, 0.2) is 0 Å². The minimum Gasteiger partial charge on any atom is -0.355 e. The molecule has 4 aliphatic carbocycles. The van der Waals surface area contributed by atoms with Crippen LogP contribution in [0.25, 0.3) is 76.8 Å². The lowest BCUT2D eigenvalue weighted by Gasteiger charge is -2.35. The van der Waals surface area contributed by atoms with Crippen LogP contribution in [-0.2, 0) is 10.8 Å². The van der Waals surface area contributed by atoms with Crippen LogP contribution in [0.2, 0.25) is 0 Å². The maximum absolute atomic E-state index is 4.28. The maximum atomic E-state index is 4.28. The number of rotatable bonds is 12. The van der Waals surface area contributed by atoms with Crippen LogP contribution >= 0.6 is 0 Å². The molecule has 0 bridgehead atoms. The first kappa shape index (κ1) is 54.6. The second-order valence-corrected chi connectivity index (χ2v) is 26.7. The van der Waals surface area contributed by atoms with Crippen molar-refractivity contribution in [1.82, 2.24) is 0 Å². The highest BCUT2D eigenvalue weighted by molar-refractivity contribution is 6.33. The quantitative estimate of drug-likeness (QED) is 0.119. The first-order valence-corrected chi connectivity index (χ1v) is 33.9. The lowest BCUT2D eigenvalue weighted by Crippen LogP contribution is -2.28. The summed E-state index contributed by atoms with van der Waals surface area (Å²) >= 11 is 0. The molecule has 4 aliphatic rings. The molecule has 0 spiro atoms. The SMILES string of the molecule is c1ccc(Nc2cc(C3CCCCC3)c3ccc4c(Nc5ccccc5)c(-c5ccc(C6(c7ccccc7)c7ccccc7-c7ccccc76)cc5)c(C5CCCCC5)c5c(-c6ccc(C7(c8ccccc8)c8ccccc8-c8ccccc87)cc6)cc2c3c45)cc1. The second kappa shape index (κ2) is 22.3. The summed E-state index contributed by atoms with van der Waals surface area (Å²) in [6.07, 6.45) is 12.2. The third-order valence-corrected chi connectivity index (χ3v) is 21.9. The third-order valence-electron chi connectivity index (χ3n) is 21.9. The van der Waals surface area contributed by atoms with Gasteiger partial charge in [0.1, 0.15) is 0 Å². The summed E-state index contributed by atoms with van der Waals surface area (Å²) in [5.41, 5.74) is 27.2. The predicted octanol–water partition coefficient (Wildman–Crippen LogP) is 24.2. The smallest absolute Gasteiger partial charge is 0.0713 e. The molecule has 14 aromatic carbocycles. The molecule has 0 radical (unpaired) electrons. The Kier molecular flexibility index (Phi) is 13.2. The number of hydrogen-bond acceptors (Lipinski definition) is 2. The van der Waals surface area contributed by atoms with Gasteiger partial charge in [0.2, 0.25) is 0 Å². The normalized spacial score (nSPS) is 15.7. The van der Waals surface area contributed by atoms with Crippen molar-refractivity contribution in [2.45, 2.75) is 86.9 Å². The van der Waals surface area contributed by atoms with E-state index >= 15 is 0 Å². The molecule has 0 unspecified atom stereocenters. The number of anilines is 4. The highest BCUT2D eigenvalue weighted by atomic mass is 14.9. The van der Waals surface area contributed by atoms with E-state index in [4.69, 9.17) is 0 Å². The molecule has 0 aromatic heterocycles. The van der Waals surface area contributed by atoms with Crippen LogP contribution in [-0.4, -0.2) is 0 Å². The van der Waals surface area contributed by atoms with Crippen molar-refractivity contribution in [2.24, 2.45) is 0 Å². The van der Waals surface area contributed by atoms with Crippen LogP contribution < -0.4 is 10.6 Å². The molecule has 2 saturated carbocycles. The van der Waals surface area contributed by atoms with E-state index in [1.807, 2.05) is 0 Å². The van der Waals surface area contributed by atoms with Crippen molar-refractivity contribution in [1.29, 1.82) is 0 Å². The average molecular weight is 1180 g/mol. The van der Waals surface area contributed by atoms with Gasteiger partial charge in [-0.2, -0.15) is 0 Å². The number of nitrogens with one attached hydrogen (secondary N) is 2. The first-order valence-electron chi connectivity index (χ1n) is 33.9. The largest absolute Gasteiger partial charge is 0.355 e. The van der Waals surface area contributed by atoms with Gasteiger partial charge in [-0.05, 0) is 185 Å². The van der Waals surface area contributed by atoms with Gasteiger partial charge in [-0.15, -0.1) is 0 Å². The molecule has 92 heavy (non-hydrogen) atoms. The highest BCUT2D eigenvalue weighted by Crippen LogP contribution is 2.61. The summed E-state index contributed by atoms with van der Waals surface area (Å²) in [4.78, 5) is 0. The molecule has 0 atom stereocenters. The van der Waals surface area contributed by atoms with Crippen molar-refractivity contribution in [2.75, 3.05) is 10.6 Å². The number of benzene rings is 14. The molecule has 0 aliphatic heterocycles. The van der Waals surface area contributed by atoms with E-state index in [9.17, 15) is 0 Å². The Morgan fingerprint density at radius 3 is 1.17 bits per heavy atom. The monoisotopic (exact) mass is 1180 g/mol. The first-order chi connectivity index (χ1) is 45.7. The number of hydrogen-bond donors (Lipinski definition) is 2. The fourth-order valence-electron chi connectivity index (χ4n) is 18.1. The van der Waals surface area contributed by atoms with E-state index in [1.54, 1.807) is 0 Å². The molecule has 2 N–H and O–H groups in total. The van der Waals surface area contributed by atoms with Crippen LogP contribution in [0.5, 0.6) is 0 Å². The van der Waals surface area contributed by atoms with Crippen LogP contribution in [0.1, 0.15) is 132 Å². The minimum absolute atomic E-state index is 0.314. The van der Waals surface area contributed by atoms with Crippen molar-refractivity contribution >= 4 is 55.1 Å². The predicted molar refractivity (Wildman–Crippen MR) is 387 cm³/mol. The van der Waals surface area contributed by atoms with Gasteiger partial charge in [0.05, 0.1) is 16.5 Å². The van der Waals surface area contributed by atoms with Crippen molar-refractivity contribution in [3.05, 3.63) is 347 Å². The minimum atomic E-state index is -0.514. The molecule has 14 aromatic rings. The lowest BCUT2D eigenvalue weighted by molar-refractivity contribution is 0.445. The summed E-state index contributed by atoms with van der Waals surface area (Å²) < 4.78 is 0. The maximum Gasteiger partial charge on any atom is 0.0713 e. The number of para-hydroxylation sites is 2. The van der Waals surface area contributed by atoms with E-state index in [1.165, 1.54) is 195 Å². The van der Waals surface area contributed by atoms with E-state index in [-0.39, 0.29) is 0 Å². The van der Waals surface area contributed by atoms with Gasteiger partial charge < -0.3 is 10.6 Å². The van der Waals surface area contributed by atoms with Crippen molar-refractivity contribution in [3.63, 3.8) is 0 Å². The van der Waals surface area contributed by atoms with Crippen LogP contribution in [0.15, 0.2) is 291 Å². The molecular weight excluding hydrogens is 1110 g/mol.